The van der Waals surface area contributed by atoms with Crippen molar-refractivity contribution in [2.75, 3.05) is 23.8 Å². The fourth-order valence-corrected chi connectivity index (χ4v) is 2.02. The smallest absolute Gasteiger partial charge is 0.262 e. The molecule has 3 rings (SSSR count). The van der Waals surface area contributed by atoms with Gasteiger partial charge in [-0.3, -0.25) is 9.59 Å². The van der Waals surface area contributed by atoms with Crippen LogP contribution < -0.4 is 20.1 Å². The summed E-state index contributed by atoms with van der Waals surface area (Å²) in [6.45, 7) is -0.0897. The predicted octanol–water partition coefficient (Wildman–Crippen LogP) is 2.03. The van der Waals surface area contributed by atoms with E-state index in [1.807, 2.05) is 18.2 Å². The Morgan fingerprint density at radius 2 is 2.05 bits per heavy atom. The molecule has 22 heavy (non-hydrogen) atoms. The number of carbonyl (C=O) groups excluding carboxylic acids is 2. The molecule has 0 aromatic heterocycles. The Morgan fingerprint density at radius 1 is 1.23 bits per heavy atom. The van der Waals surface area contributed by atoms with Crippen LogP contribution in [0.3, 0.4) is 0 Å². The average Bonchev–Trinajstić information content (AvgIpc) is 2.53. The van der Waals surface area contributed by atoms with E-state index in [4.69, 9.17) is 9.47 Å². The van der Waals surface area contributed by atoms with Gasteiger partial charge in [-0.15, -0.1) is 0 Å². The number of benzene rings is 2. The standard InChI is InChI=1S/C16H14N2O4/c19-15(9-21-12-4-2-1-3-5-12)17-11-6-7-14-13(8-11)18-16(20)10-22-14/h1-8H,9-10H2,(H,17,19)(H,18,20). The SMILES string of the molecule is O=C(COc1ccccc1)Nc1ccc2c(c1)NC(=O)CO2. The number of carbonyl (C=O) groups is 2. The molecule has 0 spiro atoms. The summed E-state index contributed by atoms with van der Waals surface area (Å²) in [5.41, 5.74) is 1.10. The summed E-state index contributed by atoms with van der Waals surface area (Å²) in [6, 6.07) is 14.1. The number of nitrogens with one attached hydrogen (secondary N) is 2. The molecule has 0 saturated heterocycles. The second kappa shape index (κ2) is 6.17. The van der Waals surface area contributed by atoms with Gasteiger partial charge in [0.15, 0.2) is 13.2 Å². The van der Waals surface area contributed by atoms with Crippen molar-refractivity contribution in [2.24, 2.45) is 0 Å². The summed E-state index contributed by atoms with van der Waals surface area (Å²) in [4.78, 5) is 23.1. The van der Waals surface area contributed by atoms with E-state index < -0.39 is 0 Å². The van der Waals surface area contributed by atoms with Crippen LogP contribution in [-0.2, 0) is 9.59 Å². The van der Waals surface area contributed by atoms with Gasteiger partial charge in [-0.25, -0.2) is 0 Å². The summed E-state index contributed by atoms with van der Waals surface area (Å²) < 4.78 is 10.6. The van der Waals surface area contributed by atoms with Crippen LogP contribution in [0.4, 0.5) is 11.4 Å². The second-order valence-corrected chi connectivity index (χ2v) is 4.70. The number of amides is 2. The third-order valence-electron chi connectivity index (χ3n) is 3.01. The van der Waals surface area contributed by atoms with E-state index in [2.05, 4.69) is 10.6 Å². The lowest BCUT2D eigenvalue weighted by atomic mass is 10.2. The zero-order chi connectivity index (χ0) is 15.4. The van der Waals surface area contributed by atoms with E-state index in [0.717, 1.165) is 0 Å². The Morgan fingerprint density at radius 3 is 2.86 bits per heavy atom. The number of fused-ring (bicyclic) bond motifs is 1. The van der Waals surface area contributed by atoms with Crippen molar-refractivity contribution in [3.63, 3.8) is 0 Å². The first-order valence-corrected chi connectivity index (χ1v) is 6.75. The summed E-state index contributed by atoms with van der Waals surface area (Å²) >= 11 is 0. The lowest BCUT2D eigenvalue weighted by molar-refractivity contribution is -0.119. The van der Waals surface area contributed by atoms with Crippen LogP contribution in [-0.4, -0.2) is 25.0 Å². The minimum Gasteiger partial charge on any atom is -0.484 e. The van der Waals surface area contributed by atoms with Crippen LogP contribution in [0.2, 0.25) is 0 Å². The van der Waals surface area contributed by atoms with Gasteiger partial charge >= 0.3 is 0 Å². The van der Waals surface area contributed by atoms with Crippen LogP contribution in [0.1, 0.15) is 0 Å². The fourth-order valence-electron chi connectivity index (χ4n) is 2.02. The molecule has 112 valence electrons. The summed E-state index contributed by atoms with van der Waals surface area (Å²) in [5, 5.41) is 5.39. The van der Waals surface area contributed by atoms with Crippen LogP contribution in [0.15, 0.2) is 48.5 Å². The fraction of sp³-hybridized carbons (Fsp3) is 0.125. The molecule has 2 aromatic carbocycles. The Labute approximate surface area is 127 Å². The van der Waals surface area contributed by atoms with Crippen molar-refractivity contribution in [1.29, 1.82) is 0 Å². The third kappa shape index (κ3) is 3.35. The zero-order valence-electron chi connectivity index (χ0n) is 11.7. The highest BCUT2D eigenvalue weighted by molar-refractivity contribution is 5.97. The number of hydrogen-bond acceptors (Lipinski definition) is 4. The number of anilines is 2. The number of ether oxygens (including phenoxy) is 2. The first-order valence-electron chi connectivity index (χ1n) is 6.75. The van der Waals surface area contributed by atoms with E-state index in [1.54, 1.807) is 30.3 Å². The van der Waals surface area contributed by atoms with Gasteiger partial charge in [-0.1, -0.05) is 18.2 Å². The third-order valence-corrected chi connectivity index (χ3v) is 3.01. The number of hydrogen-bond donors (Lipinski definition) is 2. The molecule has 6 heteroatoms. The number of rotatable bonds is 4. The van der Waals surface area contributed by atoms with E-state index in [9.17, 15) is 9.59 Å². The van der Waals surface area contributed by atoms with Gasteiger partial charge in [0.25, 0.3) is 11.8 Å². The predicted molar refractivity (Wildman–Crippen MR) is 81.1 cm³/mol. The minimum absolute atomic E-state index is 0.00359. The molecule has 0 unspecified atom stereocenters. The van der Waals surface area contributed by atoms with E-state index >= 15 is 0 Å². The monoisotopic (exact) mass is 298 g/mol. The second-order valence-electron chi connectivity index (χ2n) is 4.70. The molecule has 0 fully saturated rings. The van der Waals surface area contributed by atoms with E-state index in [1.165, 1.54) is 0 Å². The zero-order valence-corrected chi connectivity index (χ0v) is 11.7. The normalized spacial score (nSPS) is 12.6. The molecule has 6 nitrogen and oxygen atoms in total. The molecule has 1 aliphatic heterocycles. The van der Waals surface area contributed by atoms with Gasteiger partial charge in [0.1, 0.15) is 11.5 Å². The van der Waals surface area contributed by atoms with Crippen molar-refractivity contribution in [2.45, 2.75) is 0 Å². The van der Waals surface area contributed by atoms with E-state index in [-0.39, 0.29) is 25.0 Å². The Bertz CT molecular complexity index is 701. The van der Waals surface area contributed by atoms with Crippen LogP contribution in [0.5, 0.6) is 11.5 Å². The minimum atomic E-state index is -0.285. The lowest BCUT2D eigenvalue weighted by Crippen LogP contribution is -2.25. The van der Waals surface area contributed by atoms with Crippen molar-refractivity contribution in [3.8, 4) is 11.5 Å². The van der Waals surface area contributed by atoms with Gasteiger partial charge in [0.2, 0.25) is 0 Å². The maximum absolute atomic E-state index is 11.9. The molecule has 0 bridgehead atoms. The Kier molecular flexibility index (Phi) is 3.91. The quantitative estimate of drug-likeness (QED) is 0.905. The van der Waals surface area contributed by atoms with Gasteiger partial charge in [0.05, 0.1) is 5.69 Å². The summed E-state index contributed by atoms with van der Waals surface area (Å²) in [7, 11) is 0. The van der Waals surface area contributed by atoms with Crippen molar-refractivity contribution in [3.05, 3.63) is 48.5 Å². The van der Waals surface area contributed by atoms with Gasteiger partial charge in [-0.05, 0) is 30.3 Å². The summed E-state index contributed by atoms with van der Waals surface area (Å²) in [6.07, 6.45) is 0. The topological polar surface area (TPSA) is 76.7 Å². The molecular formula is C16H14N2O4. The molecule has 0 aliphatic carbocycles. The molecule has 2 N–H and O–H groups in total. The Hall–Kier alpha value is -3.02. The van der Waals surface area contributed by atoms with Crippen molar-refractivity contribution >= 4 is 23.2 Å². The highest BCUT2D eigenvalue weighted by Gasteiger charge is 2.16. The molecule has 2 amide bonds. The molecular weight excluding hydrogens is 284 g/mol. The lowest BCUT2D eigenvalue weighted by Gasteiger charge is -2.18. The largest absolute Gasteiger partial charge is 0.484 e. The molecule has 0 atom stereocenters. The first kappa shape index (κ1) is 13.9. The maximum Gasteiger partial charge on any atom is 0.262 e. The molecule has 2 aromatic rings. The van der Waals surface area contributed by atoms with Crippen LogP contribution in [0, 0.1) is 0 Å². The highest BCUT2D eigenvalue weighted by Crippen LogP contribution is 2.30. The van der Waals surface area contributed by atoms with Crippen LogP contribution in [0.25, 0.3) is 0 Å². The number of para-hydroxylation sites is 1. The van der Waals surface area contributed by atoms with Crippen LogP contribution >= 0.6 is 0 Å². The molecule has 1 heterocycles. The molecule has 0 radical (unpaired) electrons. The average molecular weight is 298 g/mol. The van der Waals surface area contributed by atoms with Gasteiger partial charge < -0.3 is 20.1 Å². The van der Waals surface area contributed by atoms with E-state index in [0.29, 0.717) is 22.9 Å². The van der Waals surface area contributed by atoms with Crippen molar-refractivity contribution in [1.82, 2.24) is 0 Å². The van der Waals surface area contributed by atoms with Gasteiger partial charge in [0, 0.05) is 5.69 Å². The molecule has 0 saturated carbocycles. The highest BCUT2D eigenvalue weighted by atomic mass is 16.5. The first-order chi connectivity index (χ1) is 10.7. The van der Waals surface area contributed by atoms with Gasteiger partial charge in [-0.2, -0.15) is 0 Å². The van der Waals surface area contributed by atoms with Crippen molar-refractivity contribution < 1.29 is 19.1 Å². The maximum atomic E-state index is 11.9. The summed E-state index contributed by atoms with van der Waals surface area (Å²) in [5.74, 6) is 0.706. The molecule has 1 aliphatic rings. The Balaban J connectivity index is 1.60.